The molecule has 0 saturated heterocycles. The molecule has 0 bridgehead atoms. The summed E-state index contributed by atoms with van der Waals surface area (Å²) in [6.45, 7) is 1.58. The molecule has 1 fully saturated rings. The molecule has 1 aliphatic rings. The van der Waals surface area contributed by atoms with Gasteiger partial charge in [-0.15, -0.1) is 12.3 Å². The maximum Gasteiger partial charge on any atom is 0.220 e. The quantitative estimate of drug-likeness (QED) is 0.420. The van der Waals surface area contributed by atoms with Crippen molar-refractivity contribution in [1.82, 2.24) is 10.6 Å². The average Bonchev–Trinajstić information content (AvgIpc) is 2.60. The largest absolute Gasteiger partial charge is 0.355 e. The molecule has 0 aromatic carbocycles. The molecule has 0 atom stereocenters. The first kappa shape index (κ1) is 14.1. The highest BCUT2D eigenvalue weighted by molar-refractivity contribution is 5.76. The van der Waals surface area contributed by atoms with E-state index in [-0.39, 0.29) is 5.91 Å². The topological polar surface area (TPSA) is 41.1 Å². The first-order valence-electron chi connectivity index (χ1n) is 6.76. The number of terminal acetylenes is 1. The Kier molecular flexibility index (Phi) is 7.49. The van der Waals surface area contributed by atoms with Crippen LogP contribution in [0.2, 0.25) is 0 Å². The number of carbonyl (C=O) groups excluding carboxylic acids is 1. The lowest BCUT2D eigenvalue weighted by atomic mass is 10.1. The highest BCUT2D eigenvalue weighted by Gasteiger charge is 2.10. The average molecular weight is 236 g/mol. The lowest BCUT2D eigenvalue weighted by Gasteiger charge is -2.16. The number of hydrogen-bond donors (Lipinski definition) is 2. The molecule has 17 heavy (non-hydrogen) atoms. The van der Waals surface area contributed by atoms with E-state index in [1.165, 1.54) is 38.5 Å². The van der Waals surface area contributed by atoms with Crippen LogP contribution in [-0.4, -0.2) is 25.0 Å². The van der Waals surface area contributed by atoms with E-state index in [0.29, 0.717) is 25.4 Å². The van der Waals surface area contributed by atoms with Crippen molar-refractivity contribution in [2.75, 3.05) is 13.1 Å². The van der Waals surface area contributed by atoms with E-state index in [0.717, 1.165) is 6.54 Å². The summed E-state index contributed by atoms with van der Waals surface area (Å²) in [5.41, 5.74) is 0. The van der Waals surface area contributed by atoms with Gasteiger partial charge in [0.05, 0.1) is 0 Å². The van der Waals surface area contributed by atoms with E-state index < -0.39 is 0 Å². The molecule has 96 valence electrons. The van der Waals surface area contributed by atoms with Gasteiger partial charge < -0.3 is 10.6 Å². The molecular formula is C14H24N2O. The molecule has 1 rings (SSSR count). The van der Waals surface area contributed by atoms with Gasteiger partial charge in [-0.2, -0.15) is 0 Å². The minimum atomic E-state index is 0.0608. The lowest BCUT2D eigenvalue weighted by Crippen LogP contribution is -2.36. The summed E-state index contributed by atoms with van der Waals surface area (Å²) < 4.78 is 0. The molecule has 0 aliphatic heterocycles. The highest BCUT2D eigenvalue weighted by atomic mass is 16.1. The van der Waals surface area contributed by atoms with Gasteiger partial charge in [0.25, 0.3) is 0 Å². The van der Waals surface area contributed by atoms with Crippen LogP contribution in [0.5, 0.6) is 0 Å². The number of nitrogens with one attached hydrogen (secondary N) is 2. The monoisotopic (exact) mass is 236 g/mol. The normalized spacial score (nSPS) is 17.1. The highest BCUT2D eigenvalue weighted by Crippen LogP contribution is 2.16. The smallest absolute Gasteiger partial charge is 0.220 e. The van der Waals surface area contributed by atoms with E-state index in [9.17, 15) is 4.79 Å². The molecule has 3 heteroatoms. The van der Waals surface area contributed by atoms with Gasteiger partial charge in [0, 0.05) is 32.0 Å². The van der Waals surface area contributed by atoms with Gasteiger partial charge in [-0.1, -0.05) is 25.7 Å². The van der Waals surface area contributed by atoms with Gasteiger partial charge in [-0.05, 0) is 12.8 Å². The lowest BCUT2D eigenvalue weighted by molar-refractivity contribution is -0.120. The Labute approximate surface area is 105 Å². The van der Waals surface area contributed by atoms with Crippen LogP contribution < -0.4 is 10.6 Å². The molecule has 1 amide bonds. The molecule has 3 nitrogen and oxygen atoms in total. The van der Waals surface area contributed by atoms with Crippen molar-refractivity contribution in [2.24, 2.45) is 0 Å². The van der Waals surface area contributed by atoms with E-state index in [1.807, 2.05) is 0 Å². The zero-order valence-corrected chi connectivity index (χ0v) is 10.6. The molecule has 0 unspecified atom stereocenters. The molecule has 0 heterocycles. The Balaban J connectivity index is 1.99. The minimum Gasteiger partial charge on any atom is -0.355 e. The minimum absolute atomic E-state index is 0.0608. The van der Waals surface area contributed by atoms with Gasteiger partial charge in [-0.25, -0.2) is 0 Å². The molecule has 0 aromatic rings. The Morgan fingerprint density at radius 1 is 1.18 bits per heavy atom. The second-order valence-corrected chi connectivity index (χ2v) is 4.70. The van der Waals surface area contributed by atoms with Gasteiger partial charge >= 0.3 is 0 Å². The zero-order valence-electron chi connectivity index (χ0n) is 10.6. The van der Waals surface area contributed by atoms with Crippen molar-refractivity contribution in [1.29, 1.82) is 0 Å². The van der Waals surface area contributed by atoms with Gasteiger partial charge in [0.1, 0.15) is 0 Å². The summed E-state index contributed by atoms with van der Waals surface area (Å²) in [6.07, 6.45) is 14.1. The summed E-state index contributed by atoms with van der Waals surface area (Å²) in [5.74, 6) is 2.53. The predicted octanol–water partition coefficient (Wildman–Crippen LogP) is 1.83. The second-order valence-electron chi connectivity index (χ2n) is 4.70. The van der Waals surface area contributed by atoms with Gasteiger partial charge in [0.2, 0.25) is 5.91 Å². The molecule has 1 aliphatic carbocycles. The van der Waals surface area contributed by atoms with Crippen molar-refractivity contribution >= 4 is 5.91 Å². The third-order valence-electron chi connectivity index (χ3n) is 3.23. The van der Waals surface area contributed by atoms with Crippen LogP contribution in [0.25, 0.3) is 0 Å². The molecule has 2 N–H and O–H groups in total. The van der Waals surface area contributed by atoms with Crippen molar-refractivity contribution in [3.63, 3.8) is 0 Å². The number of carbonyl (C=O) groups is 1. The Morgan fingerprint density at radius 3 is 2.53 bits per heavy atom. The van der Waals surface area contributed by atoms with Crippen LogP contribution in [0.3, 0.4) is 0 Å². The Morgan fingerprint density at radius 2 is 1.88 bits per heavy atom. The number of rotatable bonds is 6. The summed E-state index contributed by atoms with van der Waals surface area (Å²) in [4.78, 5) is 11.3. The summed E-state index contributed by atoms with van der Waals surface area (Å²) in [6, 6.07) is 0.653. The van der Waals surface area contributed by atoms with Crippen LogP contribution in [0.1, 0.15) is 51.4 Å². The summed E-state index contributed by atoms with van der Waals surface area (Å²) in [7, 11) is 0. The third kappa shape index (κ3) is 7.01. The SMILES string of the molecule is C#CCCC(=O)NCCNC1CCCCCC1. The predicted molar refractivity (Wildman–Crippen MR) is 70.6 cm³/mol. The molecule has 1 saturated carbocycles. The van der Waals surface area contributed by atoms with Crippen LogP contribution in [-0.2, 0) is 4.79 Å². The maximum atomic E-state index is 11.3. The standard InChI is InChI=1S/C14H24N2O/c1-2-3-10-14(17)16-12-11-15-13-8-6-4-5-7-9-13/h1,13,15H,3-12H2,(H,16,17). The van der Waals surface area contributed by atoms with Crippen LogP contribution >= 0.6 is 0 Å². The van der Waals surface area contributed by atoms with Gasteiger partial charge in [-0.3, -0.25) is 4.79 Å². The van der Waals surface area contributed by atoms with Gasteiger partial charge in [0.15, 0.2) is 0 Å². The zero-order chi connectivity index (χ0) is 12.3. The molecule has 0 aromatic heterocycles. The molecular weight excluding hydrogens is 212 g/mol. The third-order valence-corrected chi connectivity index (χ3v) is 3.23. The first-order chi connectivity index (χ1) is 8.33. The van der Waals surface area contributed by atoms with E-state index in [4.69, 9.17) is 6.42 Å². The fourth-order valence-corrected chi connectivity index (χ4v) is 2.24. The Hall–Kier alpha value is -1.01. The van der Waals surface area contributed by atoms with Crippen molar-refractivity contribution in [2.45, 2.75) is 57.4 Å². The summed E-state index contributed by atoms with van der Waals surface area (Å²) >= 11 is 0. The van der Waals surface area contributed by atoms with Crippen LogP contribution in [0, 0.1) is 12.3 Å². The van der Waals surface area contributed by atoms with Crippen molar-refractivity contribution in [3.05, 3.63) is 0 Å². The van der Waals surface area contributed by atoms with E-state index in [2.05, 4.69) is 16.6 Å². The van der Waals surface area contributed by atoms with Crippen molar-refractivity contribution < 1.29 is 4.79 Å². The molecule has 0 spiro atoms. The second kappa shape index (κ2) is 9.07. The number of amides is 1. The first-order valence-corrected chi connectivity index (χ1v) is 6.76. The maximum absolute atomic E-state index is 11.3. The Bertz CT molecular complexity index is 249. The van der Waals surface area contributed by atoms with E-state index >= 15 is 0 Å². The van der Waals surface area contributed by atoms with Crippen LogP contribution in [0.4, 0.5) is 0 Å². The molecule has 0 radical (unpaired) electrons. The fourth-order valence-electron chi connectivity index (χ4n) is 2.24. The van der Waals surface area contributed by atoms with Crippen LogP contribution in [0.15, 0.2) is 0 Å². The van der Waals surface area contributed by atoms with E-state index in [1.54, 1.807) is 0 Å². The number of hydrogen-bond acceptors (Lipinski definition) is 2. The van der Waals surface area contributed by atoms with Crippen molar-refractivity contribution in [3.8, 4) is 12.3 Å². The summed E-state index contributed by atoms with van der Waals surface area (Å²) in [5, 5.41) is 6.39. The fraction of sp³-hybridized carbons (Fsp3) is 0.786.